The van der Waals surface area contributed by atoms with Crippen molar-refractivity contribution < 1.29 is 9.26 Å². The fraction of sp³-hybridized carbons (Fsp3) is 0.385. The maximum Gasteiger partial charge on any atom is 0.138 e. The van der Waals surface area contributed by atoms with Crippen LogP contribution in [0.15, 0.2) is 22.9 Å². The third kappa shape index (κ3) is 1.86. The highest BCUT2D eigenvalue weighted by Crippen LogP contribution is 2.26. The van der Waals surface area contributed by atoms with Crippen molar-refractivity contribution in [3.8, 4) is 0 Å². The number of ether oxygens (including phenoxy) is 1. The van der Waals surface area contributed by atoms with Gasteiger partial charge in [0.25, 0.3) is 0 Å². The summed E-state index contributed by atoms with van der Waals surface area (Å²) in [6.07, 6.45) is 1.81. The molecule has 0 saturated heterocycles. The van der Waals surface area contributed by atoms with Crippen molar-refractivity contribution in [1.82, 2.24) is 10.1 Å². The Bertz CT molecular complexity index is 546. The van der Waals surface area contributed by atoms with E-state index < -0.39 is 0 Å². The van der Waals surface area contributed by atoms with Gasteiger partial charge in [-0.3, -0.25) is 0 Å². The van der Waals surface area contributed by atoms with Crippen LogP contribution in [0.1, 0.15) is 22.6 Å². The molecule has 0 bridgehead atoms. The number of pyridine rings is 1. The summed E-state index contributed by atoms with van der Waals surface area (Å²) in [6, 6.07) is 3.98. The zero-order valence-electron chi connectivity index (χ0n) is 10.5. The predicted octanol–water partition coefficient (Wildman–Crippen LogP) is 2.18. The van der Waals surface area contributed by atoms with E-state index in [9.17, 15) is 0 Å². The number of aryl methyl sites for hydroxylation is 2. The van der Waals surface area contributed by atoms with Crippen molar-refractivity contribution >= 4 is 5.82 Å². The molecule has 0 saturated carbocycles. The van der Waals surface area contributed by atoms with Crippen molar-refractivity contribution in [2.24, 2.45) is 0 Å². The van der Waals surface area contributed by atoms with Crippen molar-refractivity contribution in [1.29, 1.82) is 0 Å². The minimum Gasteiger partial charge on any atom is -0.361 e. The van der Waals surface area contributed by atoms with Gasteiger partial charge in [-0.25, -0.2) is 4.98 Å². The average molecular weight is 245 g/mol. The van der Waals surface area contributed by atoms with Gasteiger partial charge in [-0.15, -0.1) is 0 Å². The lowest BCUT2D eigenvalue weighted by Gasteiger charge is -2.29. The van der Waals surface area contributed by atoms with Gasteiger partial charge >= 0.3 is 0 Å². The molecule has 94 valence electrons. The maximum absolute atomic E-state index is 5.57. The van der Waals surface area contributed by atoms with Gasteiger partial charge in [0, 0.05) is 17.3 Å². The second-order valence-electron chi connectivity index (χ2n) is 4.46. The van der Waals surface area contributed by atoms with Gasteiger partial charge in [-0.1, -0.05) is 11.2 Å². The summed E-state index contributed by atoms with van der Waals surface area (Å²) in [4.78, 5) is 6.54. The molecule has 0 spiro atoms. The normalized spacial score (nSPS) is 14.7. The SMILES string of the molecule is Cc1noc(C)c1CN1COCc2cccnc21. The van der Waals surface area contributed by atoms with E-state index in [4.69, 9.17) is 9.26 Å². The molecule has 0 radical (unpaired) electrons. The minimum atomic E-state index is 0.550. The maximum atomic E-state index is 5.57. The van der Waals surface area contributed by atoms with E-state index in [0.29, 0.717) is 19.9 Å². The van der Waals surface area contributed by atoms with E-state index in [2.05, 4.69) is 15.0 Å². The summed E-state index contributed by atoms with van der Waals surface area (Å²) in [5, 5.41) is 3.97. The molecule has 5 heteroatoms. The van der Waals surface area contributed by atoms with Crippen molar-refractivity contribution in [3.05, 3.63) is 40.9 Å². The smallest absolute Gasteiger partial charge is 0.138 e. The van der Waals surface area contributed by atoms with E-state index >= 15 is 0 Å². The summed E-state index contributed by atoms with van der Waals surface area (Å²) in [6.45, 7) is 5.77. The van der Waals surface area contributed by atoms with Gasteiger partial charge in [0.05, 0.1) is 18.8 Å². The van der Waals surface area contributed by atoms with Crippen molar-refractivity contribution in [3.63, 3.8) is 0 Å². The zero-order valence-corrected chi connectivity index (χ0v) is 10.5. The lowest BCUT2D eigenvalue weighted by Crippen LogP contribution is -2.31. The molecular formula is C13H15N3O2. The first kappa shape index (κ1) is 11.2. The Balaban J connectivity index is 1.91. The molecule has 2 aromatic heterocycles. The lowest BCUT2D eigenvalue weighted by atomic mass is 10.1. The highest BCUT2D eigenvalue weighted by Gasteiger charge is 2.21. The second kappa shape index (κ2) is 4.42. The first-order valence-electron chi connectivity index (χ1n) is 5.94. The Morgan fingerprint density at radius 1 is 1.39 bits per heavy atom. The van der Waals surface area contributed by atoms with E-state index in [-0.39, 0.29) is 0 Å². The van der Waals surface area contributed by atoms with Gasteiger partial charge in [0.2, 0.25) is 0 Å². The van der Waals surface area contributed by atoms with Crippen LogP contribution in [0.2, 0.25) is 0 Å². The van der Waals surface area contributed by atoms with Crippen LogP contribution in [-0.4, -0.2) is 16.9 Å². The standard InChI is InChI=1S/C13H15N3O2/c1-9-12(10(2)18-15-9)6-16-8-17-7-11-4-3-5-14-13(11)16/h3-5H,6-8H2,1-2H3. The van der Waals surface area contributed by atoms with Gasteiger partial charge in [0.15, 0.2) is 0 Å². The van der Waals surface area contributed by atoms with Crippen LogP contribution >= 0.6 is 0 Å². The fourth-order valence-corrected chi connectivity index (χ4v) is 2.19. The van der Waals surface area contributed by atoms with Gasteiger partial charge in [-0.2, -0.15) is 0 Å². The molecule has 2 aromatic rings. The number of rotatable bonds is 2. The minimum absolute atomic E-state index is 0.550. The van der Waals surface area contributed by atoms with E-state index in [0.717, 1.165) is 28.4 Å². The quantitative estimate of drug-likeness (QED) is 0.811. The Labute approximate surface area is 105 Å². The molecule has 5 nitrogen and oxygen atoms in total. The Morgan fingerprint density at radius 3 is 3.06 bits per heavy atom. The third-order valence-corrected chi connectivity index (χ3v) is 3.20. The highest BCUT2D eigenvalue weighted by molar-refractivity contribution is 5.48. The molecule has 1 aliphatic rings. The Kier molecular flexibility index (Phi) is 2.76. The summed E-state index contributed by atoms with van der Waals surface area (Å²) in [7, 11) is 0. The van der Waals surface area contributed by atoms with Gasteiger partial charge in [-0.05, 0) is 19.9 Å². The number of fused-ring (bicyclic) bond motifs is 1. The molecule has 3 rings (SSSR count). The summed E-state index contributed by atoms with van der Waals surface area (Å²) >= 11 is 0. The van der Waals surface area contributed by atoms with E-state index in [1.165, 1.54) is 0 Å². The van der Waals surface area contributed by atoms with Crippen LogP contribution < -0.4 is 4.90 Å². The molecule has 3 heterocycles. The molecule has 0 unspecified atom stereocenters. The van der Waals surface area contributed by atoms with Crippen LogP contribution in [0.3, 0.4) is 0 Å². The summed E-state index contributed by atoms with van der Waals surface area (Å²) in [5.74, 6) is 1.85. The molecule has 0 atom stereocenters. The number of hydrogen-bond donors (Lipinski definition) is 0. The van der Waals surface area contributed by atoms with Crippen LogP contribution in [0.4, 0.5) is 5.82 Å². The van der Waals surface area contributed by atoms with Crippen LogP contribution in [-0.2, 0) is 17.9 Å². The molecule has 1 aliphatic heterocycles. The monoisotopic (exact) mass is 245 g/mol. The number of aromatic nitrogens is 2. The zero-order chi connectivity index (χ0) is 12.5. The van der Waals surface area contributed by atoms with Crippen molar-refractivity contribution in [2.45, 2.75) is 27.0 Å². The molecule has 0 amide bonds. The van der Waals surface area contributed by atoms with Crippen LogP contribution in [0.5, 0.6) is 0 Å². The third-order valence-electron chi connectivity index (χ3n) is 3.20. The first-order chi connectivity index (χ1) is 8.75. The molecular weight excluding hydrogens is 230 g/mol. The van der Waals surface area contributed by atoms with Gasteiger partial charge in [0.1, 0.15) is 18.3 Å². The summed E-state index contributed by atoms with van der Waals surface area (Å²) < 4.78 is 10.8. The fourth-order valence-electron chi connectivity index (χ4n) is 2.19. The highest BCUT2D eigenvalue weighted by atomic mass is 16.5. The second-order valence-corrected chi connectivity index (χ2v) is 4.46. The lowest BCUT2D eigenvalue weighted by molar-refractivity contribution is 0.108. The predicted molar refractivity (Wildman–Crippen MR) is 66.1 cm³/mol. The van der Waals surface area contributed by atoms with Crippen LogP contribution in [0, 0.1) is 13.8 Å². The van der Waals surface area contributed by atoms with Crippen LogP contribution in [0.25, 0.3) is 0 Å². The Morgan fingerprint density at radius 2 is 2.28 bits per heavy atom. The topological polar surface area (TPSA) is 51.4 Å². The Hall–Kier alpha value is -1.88. The number of anilines is 1. The number of hydrogen-bond acceptors (Lipinski definition) is 5. The van der Waals surface area contributed by atoms with E-state index in [1.54, 1.807) is 0 Å². The molecule has 0 N–H and O–H groups in total. The van der Waals surface area contributed by atoms with Crippen molar-refractivity contribution in [2.75, 3.05) is 11.6 Å². The van der Waals surface area contributed by atoms with Gasteiger partial charge < -0.3 is 14.2 Å². The molecule has 0 aromatic carbocycles. The molecule has 18 heavy (non-hydrogen) atoms. The average Bonchev–Trinajstić information content (AvgIpc) is 2.71. The molecule has 0 aliphatic carbocycles. The summed E-state index contributed by atoms with van der Waals surface area (Å²) in [5.41, 5.74) is 3.16. The molecule has 0 fully saturated rings. The first-order valence-corrected chi connectivity index (χ1v) is 5.94. The van der Waals surface area contributed by atoms with E-state index in [1.807, 2.05) is 32.2 Å². The largest absolute Gasteiger partial charge is 0.361 e. The number of nitrogens with zero attached hydrogens (tertiary/aromatic N) is 3.